The quantitative estimate of drug-likeness (QED) is 0.434. The van der Waals surface area contributed by atoms with E-state index < -0.39 is 0 Å². The van der Waals surface area contributed by atoms with E-state index in [0.29, 0.717) is 0 Å². The summed E-state index contributed by atoms with van der Waals surface area (Å²) in [5, 5.41) is 20.9. The van der Waals surface area contributed by atoms with Crippen molar-refractivity contribution in [3.63, 3.8) is 0 Å². The van der Waals surface area contributed by atoms with Crippen LogP contribution in [0.15, 0.2) is 48.7 Å². The molecule has 2 aromatic heterocycles. The Kier molecular flexibility index (Phi) is 4.78. The summed E-state index contributed by atoms with van der Waals surface area (Å²) in [5.74, 6) is -0.640. The lowest BCUT2D eigenvalue weighted by molar-refractivity contribution is 0.0972. The van der Waals surface area contributed by atoms with Crippen LogP contribution in [0, 0.1) is 0 Å². The first kappa shape index (κ1) is 20.3. The van der Waals surface area contributed by atoms with Gasteiger partial charge in [-0.2, -0.15) is 4.98 Å². The van der Waals surface area contributed by atoms with Gasteiger partial charge in [0.1, 0.15) is 17.1 Å². The number of aryl methyl sites for hydroxylation is 2. The van der Waals surface area contributed by atoms with Crippen molar-refractivity contribution in [3.8, 4) is 22.8 Å². The molecule has 0 saturated carbocycles. The zero-order valence-electron chi connectivity index (χ0n) is 17.6. The van der Waals surface area contributed by atoms with E-state index in [0.717, 1.165) is 46.4 Å². The predicted molar refractivity (Wildman–Crippen MR) is 123 cm³/mol. The Morgan fingerprint density at radius 1 is 1.12 bits per heavy atom. The summed E-state index contributed by atoms with van der Waals surface area (Å²) >= 11 is 6.19. The van der Waals surface area contributed by atoms with Crippen molar-refractivity contribution in [1.29, 1.82) is 0 Å². The van der Waals surface area contributed by atoms with Crippen molar-refractivity contribution in [2.45, 2.75) is 25.8 Å². The van der Waals surface area contributed by atoms with Crippen molar-refractivity contribution in [3.05, 3.63) is 65.1 Å². The molecule has 0 saturated heterocycles. The molecule has 32 heavy (non-hydrogen) atoms. The number of anilines is 1. The third-order valence-corrected chi connectivity index (χ3v) is 6.18. The average Bonchev–Trinajstić information content (AvgIpc) is 3.13. The van der Waals surface area contributed by atoms with Crippen molar-refractivity contribution in [2.75, 3.05) is 4.90 Å². The van der Waals surface area contributed by atoms with Crippen molar-refractivity contribution >= 4 is 34.2 Å². The number of rotatable bonds is 2. The fourth-order valence-corrected chi connectivity index (χ4v) is 4.53. The molecule has 0 bridgehead atoms. The Balaban J connectivity index is 1.59. The number of halogens is 1. The molecular weight excluding hydrogens is 428 g/mol. The molecule has 1 aliphatic rings. The number of hydrogen-bond acceptors (Lipinski definition) is 5. The van der Waals surface area contributed by atoms with E-state index in [1.807, 2.05) is 49.0 Å². The van der Waals surface area contributed by atoms with E-state index >= 15 is 0 Å². The molecule has 162 valence electrons. The number of fused-ring (bicyclic) bond motifs is 2. The highest BCUT2D eigenvalue weighted by Gasteiger charge is 2.31. The van der Waals surface area contributed by atoms with Crippen molar-refractivity contribution in [2.24, 2.45) is 7.05 Å². The lowest BCUT2D eigenvalue weighted by atomic mass is 9.93. The smallest absolute Gasteiger partial charge is 0.262 e. The first-order valence-electron chi connectivity index (χ1n) is 10.3. The fourth-order valence-electron chi connectivity index (χ4n) is 4.37. The molecule has 0 spiro atoms. The van der Waals surface area contributed by atoms with Crippen LogP contribution in [-0.2, 0) is 13.5 Å². The number of hydrogen-bond donors (Lipinski definition) is 2. The number of aromatic hydroxyl groups is 2. The van der Waals surface area contributed by atoms with Gasteiger partial charge in [0.2, 0.25) is 5.28 Å². The molecule has 3 heterocycles. The molecule has 5 rings (SSSR count). The van der Waals surface area contributed by atoms with Gasteiger partial charge >= 0.3 is 0 Å². The minimum absolute atomic E-state index is 0.0385. The minimum atomic E-state index is -0.306. The third-order valence-electron chi connectivity index (χ3n) is 6.01. The summed E-state index contributed by atoms with van der Waals surface area (Å²) in [4.78, 5) is 23.8. The number of amides is 1. The van der Waals surface area contributed by atoms with Gasteiger partial charge in [0.05, 0.1) is 11.3 Å². The van der Waals surface area contributed by atoms with Gasteiger partial charge in [0.15, 0.2) is 0 Å². The van der Waals surface area contributed by atoms with Gasteiger partial charge in [0, 0.05) is 42.0 Å². The molecule has 0 fully saturated rings. The number of nitrogens with zero attached hydrogens (tertiary/aromatic N) is 4. The Morgan fingerprint density at radius 2 is 1.94 bits per heavy atom. The van der Waals surface area contributed by atoms with Crippen LogP contribution in [0.2, 0.25) is 5.28 Å². The van der Waals surface area contributed by atoms with Gasteiger partial charge in [-0.05, 0) is 67.3 Å². The Morgan fingerprint density at radius 3 is 2.72 bits per heavy atom. The maximum absolute atomic E-state index is 13.3. The highest BCUT2D eigenvalue weighted by Crippen LogP contribution is 2.37. The normalized spacial score (nSPS) is 15.7. The SMILES string of the molecule is C[C@H]1CCc2cc(-c3nc(Cl)nc4c3ccn4C)ccc2N1C(=O)c1ccc(O)cc1O. The largest absolute Gasteiger partial charge is 0.508 e. The molecule has 7 nitrogen and oxygen atoms in total. The molecule has 0 radical (unpaired) electrons. The van der Waals surface area contributed by atoms with Crippen LogP contribution in [0.1, 0.15) is 29.3 Å². The number of carbonyl (C=O) groups is 1. The van der Waals surface area contributed by atoms with E-state index in [4.69, 9.17) is 11.6 Å². The van der Waals surface area contributed by atoms with Crippen LogP contribution >= 0.6 is 11.6 Å². The van der Waals surface area contributed by atoms with E-state index in [1.165, 1.54) is 18.2 Å². The molecule has 1 aliphatic heterocycles. The molecule has 0 aliphatic carbocycles. The Bertz CT molecular complexity index is 1380. The summed E-state index contributed by atoms with van der Waals surface area (Å²) in [6, 6.07) is 11.8. The average molecular weight is 449 g/mol. The highest BCUT2D eigenvalue weighted by atomic mass is 35.5. The predicted octanol–water partition coefficient (Wildman–Crippen LogP) is 4.68. The van der Waals surface area contributed by atoms with Gasteiger partial charge in [-0.15, -0.1) is 0 Å². The lowest BCUT2D eigenvalue weighted by Gasteiger charge is -2.35. The Labute approximate surface area is 189 Å². The van der Waals surface area contributed by atoms with E-state index in [1.54, 1.807) is 4.90 Å². The first-order chi connectivity index (χ1) is 15.3. The minimum Gasteiger partial charge on any atom is -0.508 e. The summed E-state index contributed by atoms with van der Waals surface area (Å²) in [6.45, 7) is 1.99. The van der Waals surface area contributed by atoms with Crippen LogP contribution in [0.4, 0.5) is 5.69 Å². The zero-order chi connectivity index (χ0) is 22.6. The second-order valence-corrected chi connectivity index (χ2v) is 8.45. The molecule has 1 atom stereocenters. The van der Waals surface area contributed by atoms with Crippen LogP contribution in [0.25, 0.3) is 22.3 Å². The summed E-state index contributed by atoms with van der Waals surface area (Å²) in [6.07, 6.45) is 3.52. The maximum atomic E-state index is 13.3. The Hall–Kier alpha value is -3.58. The first-order valence-corrected chi connectivity index (χ1v) is 10.7. The molecule has 1 amide bonds. The van der Waals surface area contributed by atoms with Gasteiger partial charge in [-0.3, -0.25) is 4.79 Å². The molecule has 4 aromatic rings. The molecule has 0 unspecified atom stereocenters. The second kappa shape index (κ2) is 7.53. The number of phenolic OH excluding ortho intramolecular Hbond substituents is 2. The number of aromatic nitrogens is 3. The van der Waals surface area contributed by atoms with Gasteiger partial charge in [-0.25, -0.2) is 4.98 Å². The van der Waals surface area contributed by atoms with Gasteiger partial charge in [0.25, 0.3) is 5.91 Å². The summed E-state index contributed by atoms with van der Waals surface area (Å²) < 4.78 is 1.90. The van der Waals surface area contributed by atoms with Crippen molar-refractivity contribution < 1.29 is 15.0 Å². The monoisotopic (exact) mass is 448 g/mol. The number of benzene rings is 2. The topological polar surface area (TPSA) is 91.5 Å². The van der Waals surface area contributed by atoms with Crippen LogP contribution in [0.5, 0.6) is 11.5 Å². The second-order valence-electron chi connectivity index (χ2n) is 8.11. The van der Waals surface area contributed by atoms with Crippen LogP contribution in [-0.4, -0.2) is 36.7 Å². The number of carbonyl (C=O) groups excluding carboxylic acids is 1. The maximum Gasteiger partial charge on any atom is 0.262 e. The molecule has 2 N–H and O–H groups in total. The van der Waals surface area contributed by atoms with Crippen LogP contribution < -0.4 is 4.90 Å². The fraction of sp³-hybridized carbons (Fsp3) is 0.208. The van der Waals surface area contributed by atoms with Gasteiger partial charge < -0.3 is 19.7 Å². The number of phenols is 2. The van der Waals surface area contributed by atoms with Crippen molar-refractivity contribution in [1.82, 2.24) is 14.5 Å². The molecular formula is C24H21ClN4O3. The standard InChI is InChI=1S/C24H21ClN4O3/c1-13-3-4-14-11-15(21-18-9-10-28(2)22(18)27-24(25)26-21)5-8-19(14)29(13)23(32)17-7-6-16(30)12-20(17)31/h5-13,30-31H,3-4H2,1-2H3/t13-/m0/s1. The third kappa shape index (κ3) is 3.26. The zero-order valence-corrected chi connectivity index (χ0v) is 18.3. The lowest BCUT2D eigenvalue weighted by Crippen LogP contribution is -2.42. The summed E-state index contributed by atoms with van der Waals surface area (Å²) in [7, 11) is 1.91. The van der Waals surface area contributed by atoms with E-state index in [-0.39, 0.29) is 34.3 Å². The molecule has 2 aromatic carbocycles. The van der Waals surface area contributed by atoms with Crippen LogP contribution in [0.3, 0.4) is 0 Å². The summed E-state index contributed by atoms with van der Waals surface area (Å²) in [5.41, 5.74) is 4.38. The molecule has 8 heteroatoms. The highest BCUT2D eigenvalue weighted by molar-refractivity contribution is 6.28. The van der Waals surface area contributed by atoms with Gasteiger partial charge in [-0.1, -0.05) is 6.07 Å². The van der Waals surface area contributed by atoms with E-state index in [9.17, 15) is 15.0 Å². The van der Waals surface area contributed by atoms with E-state index in [2.05, 4.69) is 9.97 Å².